The van der Waals surface area contributed by atoms with Crippen molar-refractivity contribution in [2.45, 2.75) is 33.5 Å². The number of esters is 1. The Labute approximate surface area is 225 Å². The van der Waals surface area contributed by atoms with Crippen LogP contribution in [-0.4, -0.2) is 41.3 Å². The Morgan fingerprint density at radius 2 is 1.91 bits per heavy atom. The second-order valence-corrected chi connectivity index (χ2v) is 10.3. The smallest absolute Gasteiger partial charge is 0.326 e. The lowest BCUT2D eigenvalue weighted by molar-refractivity contribution is -0.149. The standard InChI is InChI=1S/C24H22BrCl2NO6S/c1-4-32-19-8-14(7-17(25)22(19)33-12-15-5-6-16(26)10-18(15)27)9-20-23(30)28(24(31)35-20)11-21(29)34-13(2)3/h5-10,13H,4,11-12H2,1-3H3/b20-9-. The van der Waals surface area contributed by atoms with Crippen LogP contribution in [0, 0.1) is 0 Å². The molecule has 0 N–H and O–H groups in total. The number of ether oxygens (including phenoxy) is 3. The SMILES string of the molecule is CCOc1cc(/C=C2\SC(=O)N(CC(=O)OC(C)C)C2=O)cc(Br)c1OCc1ccc(Cl)cc1Cl. The molecule has 0 spiro atoms. The summed E-state index contributed by atoms with van der Waals surface area (Å²) >= 11 is 16.4. The maximum atomic E-state index is 12.7. The third-order valence-electron chi connectivity index (χ3n) is 4.54. The Morgan fingerprint density at radius 1 is 1.17 bits per heavy atom. The van der Waals surface area contributed by atoms with Gasteiger partial charge in [0.05, 0.1) is 22.1 Å². The average Bonchev–Trinajstić information content (AvgIpc) is 3.01. The second kappa shape index (κ2) is 12.2. The van der Waals surface area contributed by atoms with Gasteiger partial charge < -0.3 is 14.2 Å². The Hall–Kier alpha value is -2.20. The summed E-state index contributed by atoms with van der Waals surface area (Å²) in [6, 6.07) is 8.58. The first-order chi connectivity index (χ1) is 16.6. The molecule has 7 nitrogen and oxygen atoms in total. The molecule has 0 aliphatic carbocycles. The number of hydrogen-bond acceptors (Lipinski definition) is 7. The second-order valence-electron chi connectivity index (χ2n) is 7.59. The van der Waals surface area contributed by atoms with Gasteiger partial charge in [-0.05, 0) is 84.4 Å². The summed E-state index contributed by atoms with van der Waals surface area (Å²) in [7, 11) is 0. The summed E-state index contributed by atoms with van der Waals surface area (Å²) in [5.41, 5.74) is 1.35. The first kappa shape index (κ1) is 27.4. The van der Waals surface area contributed by atoms with Crippen molar-refractivity contribution in [2.24, 2.45) is 0 Å². The highest BCUT2D eigenvalue weighted by molar-refractivity contribution is 9.10. The molecule has 3 rings (SSSR count). The molecule has 0 radical (unpaired) electrons. The number of halogens is 3. The molecule has 2 amide bonds. The van der Waals surface area contributed by atoms with Gasteiger partial charge in [-0.15, -0.1) is 0 Å². The highest BCUT2D eigenvalue weighted by Crippen LogP contribution is 2.40. The molecule has 1 saturated heterocycles. The third-order valence-corrected chi connectivity index (χ3v) is 6.63. The van der Waals surface area contributed by atoms with Crippen LogP contribution in [0.5, 0.6) is 11.5 Å². The van der Waals surface area contributed by atoms with Crippen LogP contribution in [0.3, 0.4) is 0 Å². The van der Waals surface area contributed by atoms with Crippen LogP contribution in [0.15, 0.2) is 39.7 Å². The molecule has 35 heavy (non-hydrogen) atoms. The van der Waals surface area contributed by atoms with Crippen LogP contribution in [0.4, 0.5) is 4.79 Å². The molecule has 11 heteroatoms. The number of benzene rings is 2. The molecule has 2 aromatic carbocycles. The molecule has 0 bridgehead atoms. The van der Waals surface area contributed by atoms with Gasteiger partial charge in [0.1, 0.15) is 13.2 Å². The summed E-state index contributed by atoms with van der Waals surface area (Å²) in [5.74, 6) is -0.308. The quantitative estimate of drug-likeness (QED) is 0.233. The van der Waals surface area contributed by atoms with E-state index < -0.39 is 23.7 Å². The van der Waals surface area contributed by atoms with E-state index in [9.17, 15) is 14.4 Å². The molecule has 1 fully saturated rings. The minimum Gasteiger partial charge on any atom is -0.490 e. The molecule has 186 valence electrons. The molecular weight excluding hydrogens is 581 g/mol. The number of nitrogens with zero attached hydrogens (tertiary/aromatic N) is 1. The molecule has 0 aromatic heterocycles. The first-order valence-corrected chi connectivity index (χ1v) is 12.9. The predicted molar refractivity (Wildman–Crippen MR) is 140 cm³/mol. The van der Waals surface area contributed by atoms with Crippen LogP contribution >= 0.6 is 50.9 Å². The highest BCUT2D eigenvalue weighted by Gasteiger charge is 2.37. The van der Waals surface area contributed by atoms with Gasteiger partial charge >= 0.3 is 5.97 Å². The lowest BCUT2D eigenvalue weighted by atomic mass is 10.1. The fraction of sp³-hybridized carbons (Fsp3) is 0.292. The molecule has 1 heterocycles. The van der Waals surface area contributed by atoms with E-state index in [-0.39, 0.29) is 17.6 Å². The molecule has 1 aliphatic rings. The first-order valence-electron chi connectivity index (χ1n) is 10.6. The van der Waals surface area contributed by atoms with Gasteiger partial charge in [0.15, 0.2) is 11.5 Å². The fourth-order valence-corrected chi connectivity index (χ4v) is 4.96. The van der Waals surface area contributed by atoms with E-state index >= 15 is 0 Å². The third kappa shape index (κ3) is 7.16. The largest absolute Gasteiger partial charge is 0.490 e. The molecule has 0 atom stereocenters. The summed E-state index contributed by atoms with van der Waals surface area (Å²) in [5, 5.41) is 0.475. The van der Waals surface area contributed by atoms with Gasteiger partial charge in [-0.2, -0.15) is 0 Å². The van der Waals surface area contributed by atoms with Crippen LogP contribution in [-0.2, 0) is 20.9 Å². The zero-order chi connectivity index (χ0) is 25.7. The monoisotopic (exact) mass is 601 g/mol. The lowest BCUT2D eigenvalue weighted by Gasteiger charge is -2.15. The van der Waals surface area contributed by atoms with Crippen molar-refractivity contribution >= 4 is 74.1 Å². The van der Waals surface area contributed by atoms with Gasteiger partial charge in [-0.3, -0.25) is 19.3 Å². The Balaban J connectivity index is 1.82. The van der Waals surface area contributed by atoms with Crippen molar-refractivity contribution in [1.82, 2.24) is 4.90 Å². The van der Waals surface area contributed by atoms with Crippen molar-refractivity contribution < 1.29 is 28.6 Å². The van der Waals surface area contributed by atoms with Crippen LogP contribution in [0.1, 0.15) is 31.9 Å². The van der Waals surface area contributed by atoms with E-state index in [4.69, 9.17) is 37.4 Å². The summed E-state index contributed by atoms with van der Waals surface area (Å²) in [4.78, 5) is 38.0. The van der Waals surface area contributed by atoms with Crippen molar-refractivity contribution in [1.29, 1.82) is 0 Å². The predicted octanol–water partition coefficient (Wildman–Crippen LogP) is 6.72. The van der Waals surface area contributed by atoms with Crippen LogP contribution in [0.2, 0.25) is 10.0 Å². The van der Waals surface area contributed by atoms with Gasteiger partial charge in [0.2, 0.25) is 0 Å². The van der Waals surface area contributed by atoms with Crippen molar-refractivity contribution in [2.75, 3.05) is 13.2 Å². The number of carbonyl (C=O) groups excluding carboxylic acids is 3. The normalized spacial score (nSPS) is 14.7. The van der Waals surface area contributed by atoms with Gasteiger partial charge in [0, 0.05) is 15.6 Å². The number of hydrogen-bond donors (Lipinski definition) is 0. The van der Waals surface area contributed by atoms with E-state index in [1.54, 1.807) is 50.3 Å². The van der Waals surface area contributed by atoms with E-state index in [2.05, 4.69) is 15.9 Å². The van der Waals surface area contributed by atoms with Crippen molar-refractivity contribution in [3.05, 3.63) is 60.9 Å². The number of carbonyl (C=O) groups is 3. The maximum absolute atomic E-state index is 12.7. The minimum absolute atomic E-state index is 0.180. The molecule has 0 saturated carbocycles. The summed E-state index contributed by atoms with van der Waals surface area (Å²) in [6.45, 7) is 5.34. The van der Waals surface area contributed by atoms with Crippen LogP contribution < -0.4 is 9.47 Å². The van der Waals surface area contributed by atoms with E-state index in [0.29, 0.717) is 38.2 Å². The maximum Gasteiger partial charge on any atom is 0.326 e. The Kier molecular flexibility index (Phi) is 9.52. The average molecular weight is 603 g/mol. The van der Waals surface area contributed by atoms with Gasteiger partial charge in [0.25, 0.3) is 11.1 Å². The van der Waals surface area contributed by atoms with E-state index in [0.717, 1.165) is 22.2 Å². The highest BCUT2D eigenvalue weighted by atomic mass is 79.9. The number of imide groups is 1. The van der Waals surface area contributed by atoms with Gasteiger partial charge in [-0.1, -0.05) is 29.3 Å². The van der Waals surface area contributed by atoms with Crippen molar-refractivity contribution in [3.8, 4) is 11.5 Å². The van der Waals surface area contributed by atoms with E-state index in [1.165, 1.54) is 0 Å². The molecule has 0 unspecified atom stereocenters. The lowest BCUT2D eigenvalue weighted by Crippen LogP contribution is -2.35. The van der Waals surface area contributed by atoms with Crippen molar-refractivity contribution in [3.63, 3.8) is 0 Å². The topological polar surface area (TPSA) is 82.1 Å². The fourth-order valence-electron chi connectivity index (χ4n) is 3.08. The number of amides is 2. The minimum atomic E-state index is -0.646. The summed E-state index contributed by atoms with van der Waals surface area (Å²) in [6.07, 6.45) is 1.22. The summed E-state index contributed by atoms with van der Waals surface area (Å²) < 4.78 is 17.3. The number of thioether (sulfide) groups is 1. The molecular formula is C24H22BrCl2NO6S. The number of rotatable bonds is 9. The Morgan fingerprint density at radius 3 is 2.57 bits per heavy atom. The van der Waals surface area contributed by atoms with Crippen LogP contribution in [0.25, 0.3) is 6.08 Å². The zero-order valence-corrected chi connectivity index (χ0v) is 23.0. The van der Waals surface area contributed by atoms with E-state index in [1.807, 2.05) is 6.92 Å². The molecule has 1 aliphatic heterocycles. The molecule has 2 aromatic rings. The zero-order valence-electron chi connectivity index (χ0n) is 19.1. The van der Waals surface area contributed by atoms with Gasteiger partial charge in [-0.25, -0.2) is 0 Å². The Bertz CT molecular complexity index is 1190.